The maximum absolute atomic E-state index is 2.49. The van der Waals surface area contributed by atoms with Crippen molar-refractivity contribution in [2.45, 2.75) is 0 Å². The molecule has 2 heterocycles. The summed E-state index contributed by atoms with van der Waals surface area (Å²) in [4.78, 5) is 2.49. The fourth-order valence-corrected chi connectivity index (χ4v) is 10.2. The van der Waals surface area contributed by atoms with Crippen LogP contribution >= 0.6 is 0 Å². The zero-order chi connectivity index (χ0) is 38.6. The summed E-state index contributed by atoms with van der Waals surface area (Å²) in [5.74, 6) is 0. The van der Waals surface area contributed by atoms with Crippen LogP contribution in [-0.4, -0.2) is 9.13 Å². The lowest BCUT2D eigenvalue weighted by Gasteiger charge is -2.28. The number of rotatable bonds is 5. The number of fused-ring (bicyclic) bond motifs is 8. The number of anilines is 3. The first-order valence-electron chi connectivity index (χ1n) is 20.4. The average Bonchev–Trinajstić information content (AvgIpc) is 3.81. The Morgan fingerprint density at radius 1 is 0.271 bits per heavy atom. The van der Waals surface area contributed by atoms with Crippen molar-refractivity contribution in [2.75, 3.05) is 4.90 Å². The highest BCUT2D eigenvalue weighted by molar-refractivity contribution is 6.34. The molecule has 0 aliphatic heterocycles. The van der Waals surface area contributed by atoms with Gasteiger partial charge in [0.05, 0.1) is 27.8 Å². The Hall–Kier alpha value is -7.88. The van der Waals surface area contributed by atoms with Gasteiger partial charge < -0.3 is 14.0 Å². The molecular formula is C56H35N3. The van der Waals surface area contributed by atoms with Crippen molar-refractivity contribution in [1.82, 2.24) is 9.13 Å². The molecule has 59 heavy (non-hydrogen) atoms. The Morgan fingerprint density at radius 2 is 0.695 bits per heavy atom. The first-order chi connectivity index (χ1) is 29.3. The molecular weight excluding hydrogens is 715 g/mol. The predicted molar refractivity (Wildman–Crippen MR) is 251 cm³/mol. The molecule has 3 nitrogen and oxygen atoms in total. The molecule has 0 spiro atoms. The molecule has 11 aromatic carbocycles. The Bertz CT molecular complexity index is 3570. The second-order valence-electron chi connectivity index (χ2n) is 15.7. The summed E-state index contributed by atoms with van der Waals surface area (Å²) < 4.78 is 4.79. The Morgan fingerprint density at radius 3 is 1.25 bits per heavy atom. The van der Waals surface area contributed by atoms with Crippen molar-refractivity contribution in [1.29, 1.82) is 0 Å². The second kappa shape index (κ2) is 12.3. The smallest absolute Gasteiger partial charge is 0.0542 e. The summed E-state index contributed by atoms with van der Waals surface area (Å²) in [7, 11) is 0. The van der Waals surface area contributed by atoms with Gasteiger partial charge in [0.25, 0.3) is 0 Å². The van der Waals surface area contributed by atoms with E-state index in [9.17, 15) is 0 Å². The highest BCUT2D eigenvalue weighted by atomic mass is 15.1. The lowest BCUT2D eigenvalue weighted by atomic mass is 9.89. The molecule has 3 heteroatoms. The van der Waals surface area contributed by atoms with E-state index in [1.54, 1.807) is 0 Å². The minimum absolute atomic E-state index is 1.11. The summed E-state index contributed by atoms with van der Waals surface area (Å²) in [6.07, 6.45) is 0. The fourth-order valence-electron chi connectivity index (χ4n) is 10.2. The van der Waals surface area contributed by atoms with Crippen molar-refractivity contribution in [3.05, 3.63) is 212 Å². The summed E-state index contributed by atoms with van der Waals surface area (Å²) in [6, 6.07) is 78.1. The number of benzene rings is 11. The van der Waals surface area contributed by atoms with E-state index in [0.29, 0.717) is 0 Å². The third-order valence-electron chi connectivity index (χ3n) is 12.6. The normalized spacial score (nSPS) is 12.1. The largest absolute Gasteiger partial charge is 0.310 e. The van der Waals surface area contributed by atoms with Gasteiger partial charge in [0, 0.05) is 49.7 Å². The third kappa shape index (κ3) is 4.58. The number of hydrogen-bond donors (Lipinski definition) is 0. The predicted octanol–water partition coefficient (Wildman–Crippen LogP) is 15.4. The molecule has 0 saturated heterocycles. The van der Waals surface area contributed by atoms with E-state index in [1.807, 2.05) is 0 Å². The van der Waals surface area contributed by atoms with Gasteiger partial charge >= 0.3 is 0 Å². The lowest BCUT2D eigenvalue weighted by Crippen LogP contribution is -2.11. The zero-order valence-electron chi connectivity index (χ0n) is 32.0. The Labute approximate surface area is 340 Å². The van der Waals surface area contributed by atoms with Crippen LogP contribution in [0.25, 0.3) is 98.1 Å². The number of aromatic nitrogens is 2. The fraction of sp³-hybridized carbons (Fsp3) is 0. The van der Waals surface area contributed by atoms with Gasteiger partial charge in [-0.25, -0.2) is 0 Å². The summed E-state index contributed by atoms with van der Waals surface area (Å²) >= 11 is 0. The van der Waals surface area contributed by atoms with E-state index < -0.39 is 0 Å². The zero-order valence-corrected chi connectivity index (χ0v) is 32.0. The molecule has 0 amide bonds. The van der Waals surface area contributed by atoms with Crippen LogP contribution in [-0.2, 0) is 0 Å². The molecule has 274 valence electrons. The molecule has 13 aromatic rings. The molecule has 0 radical (unpaired) electrons. The average molecular weight is 750 g/mol. The molecule has 2 aromatic heterocycles. The van der Waals surface area contributed by atoms with Gasteiger partial charge in [0.2, 0.25) is 0 Å². The number of para-hydroxylation sites is 4. The van der Waals surface area contributed by atoms with Gasteiger partial charge in [0.1, 0.15) is 0 Å². The monoisotopic (exact) mass is 749 g/mol. The first-order valence-corrected chi connectivity index (χ1v) is 20.4. The molecule has 0 aliphatic carbocycles. The van der Waals surface area contributed by atoms with Gasteiger partial charge in [-0.2, -0.15) is 0 Å². The SMILES string of the molecule is c1ccc(-n2c3ccccc3c3cc(N(c4ccc5c(c4)c4ccccc4n5-c4ccccc4)c4ccc5c6cccc7cccc(c8cccc4c85)c76)ccc32)cc1. The van der Waals surface area contributed by atoms with E-state index in [2.05, 4.69) is 226 Å². The van der Waals surface area contributed by atoms with Gasteiger partial charge in [-0.3, -0.25) is 0 Å². The molecule has 13 rings (SSSR count). The summed E-state index contributed by atoms with van der Waals surface area (Å²) in [5, 5.41) is 15.2. The lowest BCUT2D eigenvalue weighted by molar-refractivity contribution is 1.18. The first kappa shape index (κ1) is 32.2. The van der Waals surface area contributed by atoms with E-state index in [4.69, 9.17) is 0 Å². The molecule has 0 aliphatic rings. The van der Waals surface area contributed by atoms with Crippen LogP contribution in [0.15, 0.2) is 212 Å². The highest BCUT2D eigenvalue weighted by Crippen LogP contribution is 2.48. The van der Waals surface area contributed by atoms with Crippen LogP contribution in [0, 0.1) is 0 Å². The third-order valence-corrected chi connectivity index (χ3v) is 12.6. The van der Waals surface area contributed by atoms with Crippen LogP contribution < -0.4 is 4.90 Å². The van der Waals surface area contributed by atoms with E-state index >= 15 is 0 Å². The number of hydrogen-bond acceptors (Lipinski definition) is 1. The molecule has 0 atom stereocenters. The van der Waals surface area contributed by atoms with Crippen molar-refractivity contribution < 1.29 is 0 Å². The Kier molecular flexibility index (Phi) is 6.72. The standard InChI is InChI=1S/C56H35N3/c1-3-16-37(17-4-1)58-50-26-9-7-20-41(50)48-34-39(28-31-53(48)58)57(40-29-32-54-49(35-40)42-21-8-10-27-51(42)59(54)38-18-5-2-6-19-38)52-33-30-46-44-23-12-15-36-14-11-22-43(55(36)44)45-24-13-25-47(52)56(45)46/h1-35H. The highest BCUT2D eigenvalue weighted by Gasteiger charge is 2.23. The minimum Gasteiger partial charge on any atom is -0.310 e. The van der Waals surface area contributed by atoms with Crippen LogP contribution in [0.5, 0.6) is 0 Å². The quantitative estimate of drug-likeness (QED) is 0.126. The van der Waals surface area contributed by atoms with Crippen LogP contribution in [0.3, 0.4) is 0 Å². The van der Waals surface area contributed by atoms with E-state index in [0.717, 1.165) is 28.4 Å². The summed E-state index contributed by atoms with van der Waals surface area (Å²) in [5.41, 5.74) is 10.4. The van der Waals surface area contributed by atoms with Crippen LogP contribution in [0.1, 0.15) is 0 Å². The topological polar surface area (TPSA) is 13.1 Å². The van der Waals surface area contributed by atoms with Gasteiger partial charge in [-0.1, -0.05) is 133 Å². The molecule has 0 bridgehead atoms. The van der Waals surface area contributed by atoms with Crippen molar-refractivity contribution in [3.63, 3.8) is 0 Å². The minimum atomic E-state index is 1.11. The van der Waals surface area contributed by atoms with E-state index in [1.165, 1.54) is 86.7 Å². The molecule has 0 saturated carbocycles. The maximum atomic E-state index is 2.49. The second-order valence-corrected chi connectivity index (χ2v) is 15.7. The maximum Gasteiger partial charge on any atom is 0.0542 e. The molecule has 0 fully saturated rings. The van der Waals surface area contributed by atoms with Crippen molar-refractivity contribution in [2.24, 2.45) is 0 Å². The van der Waals surface area contributed by atoms with Crippen LogP contribution in [0.4, 0.5) is 17.1 Å². The van der Waals surface area contributed by atoms with Gasteiger partial charge in [0.15, 0.2) is 0 Å². The summed E-state index contributed by atoms with van der Waals surface area (Å²) in [6.45, 7) is 0. The van der Waals surface area contributed by atoms with Gasteiger partial charge in [-0.05, 0) is 117 Å². The van der Waals surface area contributed by atoms with Gasteiger partial charge in [-0.15, -0.1) is 0 Å². The van der Waals surface area contributed by atoms with E-state index in [-0.39, 0.29) is 0 Å². The number of nitrogens with zero attached hydrogens (tertiary/aromatic N) is 3. The van der Waals surface area contributed by atoms with Crippen molar-refractivity contribution >= 4 is 104 Å². The Balaban J connectivity index is 1.13. The van der Waals surface area contributed by atoms with Crippen LogP contribution in [0.2, 0.25) is 0 Å². The van der Waals surface area contributed by atoms with Crippen molar-refractivity contribution in [3.8, 4) is 11.4 Å². The molecule has 0 unspecified atom stereocenters. The molecule has 0 N–H and O–H groups in total.